The first kappa shape index (κ1) is 18.8. The maximum atomic E-state index is 5.87. The van der Waals surface area contributed by atoms with Crippen molar-refractivity contribution < 1.29 is 4.74 Å². The number of hydrogen-bond donors (Lipinski definition) is 1. The maximum Gasteiger partial charge on any atom is 0.127 e. The third-order valence-electron chi connectivity index (χ3n) is 3.64. The van der Waals surface area contributed by atoms with Crippen molar-refractivity contribution in [2.45, 2.75) is 26.8 Å². The first-order valence-electron chi connectivity index (χ1n) is 8.97. The van der Waals surface area contributed by atoms with E-state index in [0.717, 1.165) is 31.0 Å². The number of nitrogens with one attached hydrogen (secondary N) is 1. The minimum atomic E-state index is 0.846. The van der Waals surface area contributed by atoms with Crippen molar-refractivity contribution in [3.8, 4) is 11.5 Å². The molecule has 2 nitrogen and oxygen atoms in total. The Morgan fingerprint density at radius 2 is 1.28 bits per heavy atom. The van der Waals surface area contributed by atoms with E-state index in [0.29, 0.717) is 0 Å². The molecule has 0 bridgehead atoms. The van der Waals surface area contributed by atoms with Crippen LogP contribution in [0.25, 0.3) is 0 Å². The highest BCUT2D eigenvalue weighted by atomic mass is 16.5. The molecule has 2 heteroatoms. The Morgan fingerprint density at radius 3 is 2.00 bits per heavy atom. The zero-order chi connectivity index (χ0) is 17.7. The van der Waals surface area contributed by atoms with Crippen LogP contribution in [0.3, 0.4) is 0 Å². The third kappa shape index (κ3) is 6.82. The van der Waals surface area contributed by atoms with Gasteiger partial charge in [-0.2, -0.15) is 0 Å². The van der Waals surface area contributed by atoms with Crippen molar-refractivity contribution in [1.29, 1.82) is 0 Å². The van der Waals surface area contributed by atoms with E-state index in [1.807, 2.05) is 56.3 Å². The highest BCUT2D eigenvalue weighted by molar-refractivity contribution is 5.33. The molecule has 25 heavy (non-hydrogen) atoms. The van der Waals surface area contributed by atoms with Crippen molar-refractivity contribution in [3.63, 3.8) is 0 Å². The zero-order valence-corrected chi connectivity index (χ0v) is 15.1. The van der Waals surface area contributed by atoms with Gasteiger partial charge in [0.05, 0.1) is 0 Å². The van der Waals surface area contributed by atoms with Crippen LogP contribution in [0.5, 0.6) is 11.5 Å². The summed E-state index contributed by atoms with van der Waals surface area (Å²) in [5.41, 5.74) is 2.59. The minimum Gasteiger partial charge on any atom is -0.457 e. The van der Waals surface area contributed by atoms with Crippen LogP contribution in [0.4, 0.5) is 0 Å². The normalized spacial score (nSPS) is 9.84. The standard InChI is InChI=1S/C21H21NO.C2H6/c1-3-8-18(9-4-1)14-15-22-17-19-10-7-13-21(16-19)23-20-11-5-2-6-12-20;1-2/h1-13,16,22H,14-15,17H2;1-2H3. The Morgan fingerprint density at radius 1 is 0.680 bits per heavy atom. The van der Waals surface area contributed by atoms with Gasteiger partial charge < -0.3 is 10.1 Å². The van der Waals surface area contributed by atoms with Gasteiger partial charge >= 0.3 is 0 Å². The lowest BCUT2D eigenvalue weighted by molar-refractivity contribution is 0.481. The Bertz CT molecular complexity index is 710. The molecule has 0 aliphatic rings. The second-order valence-electron chi connectivity index (χ2n) is 5.47. The summed E-state index contributed by atoms with van der Waals surface area (Å²) in [5, 5.41) is 3.49. The fourth-order valence-electron chi connectivity index (χ4n) is 2.45. The smallest absolute Gasteiger partial charge is 0.127 e. The summed E-state index contributed by atoms with van der Waals surface area (Å²) in [7, 11) is 0. The predicted octanol–water partition coefficient (Wildman–Crippen LogP) is 5.84. The molecule has 0 saturated carbocycles. The molecule has 0 radical (unpaired) electrons. The van der Waals surface area contributed by atoms with Crippen LogP contribution in [0.2, 0.25) is 0 Å². The van der Waals surface area contributed by atoms with E-state index < -0.39 is 0 Å². The van der Waals surface area contributed by atoms with Crippen LogP contribution in [-0.2, 0) is 13.0 Å². The molecule has 3 aromatic carbocycles. The predicted molar refractivity (Wildman–Crippen MR) is 106 cm³/mol. The molecular weight excluding hydrogens is 306 g/mol. The van der Waals surface area contributed by atoms with E-state index in [1.165, 1.54) is 11.1 Å². The van der Waals surface area contributed by atoms with Crippen LogP contribution in [-0.4, -0.2) is 6.54 Å². The van der Waals surface area contributed by atoms with Crippen molar-refractivity contribution in [3.05, 3.63) is 96.1 Å². The van der Waals surface area contributed by atoms with E-state index in [1.54, 1.807) is 0 Å². The Labute approximate surface area is 151 Å². The summed E-state index contributed by atoms with van der Waals surface area (Å²) in [5.74, 6) is 1.74. The van der Waals surface area contributed by atoms with Gasteiger partial charge in [-0.3, -0.25) is 0 Å². The van der Waals surface area contributed by atoms with E-state index in [9.17, 15) is 0 Å². The molecule has 0 unspecified atom stereocenters. The van der Waals surface area contributed by atoms with Crippen LogP contribution in [0, 0.1) is 0 Å². The monoisotopic (exact) mass is 333 g/mol. The molecule has 0 aliphatic carbocycles. The highest BCUT2D eigenvalue weighted by Gasteiger charge is 1.99. The van der Waals surface area contributed by atoms with Gasteiger partial charge in [-0.25, -0.2) is 0 Å². The molecule has 0 saturated heterocycles. The molecule has 0 amide bonds. The molecule has 0 spiro atoms. The second kappa shape index (κ2) is 11.1. The van der Waals surface area contributed by atoms with Gasteiger partial charge in [0.1, 0.15) is 11.5 Å². The number of benzene rings is 3. The van der Waals surface area contributed by atoms with Crippen LogP contribution in [0.1, 0.15) is 25.0 Å². The van der Waals surface area contributed by atoms with Gasteiger partial charge in [0.15, 0.2) is 0 Å². The van der Waals surface area contributed by atoms with Crippen molar-refractivity contribution in [2.75, 3.05) is 6.54 Å². The number of ether oxygens (including phenoxy) is 1. The Kier molecular flexibility index (Phi) is 8.30. The fraction of sp³-hybridized carbons (Fsp3) is 0.217. The highest BCUT2D eigenvalue weighted by Crippen LogP contribution is 2.21. The summed E-state index contributed by atoms with van der Waals surface area (Å²) in [4.78, 5) is 0. The lowest BCUT2D eigenvalue weighted by Crippen LogP contribution is -2.16. The van der Waals surface area contributed by atoms with Crippen LogP contribution in [0.15, 0.2) is 84.9 Å². The minimum absolute atomic E-state index is 0.846. The zero-order valence-electron chi connectivity index (χ0n) is 15.1. The molecule has 1 N–H and O–H groups in total. The van der Waals surface area contributed by atoms with Gasteiger partial charge in [0, 0.05) is 6.54 Å². The van der Waals surface area contributed by atoms with Gasteiger partial charge in [-0.1, -0.05) is 74.5 Å². The lowest BCUT2D eigenvalue weighted by Gasteiger charge is -2.09. The topological polar surface area (TPSA) is 21.3 Å². The molecule has 0 heterocycles. The van der Waals surface area contributed by atoms with E-state index >= 15 is 0 Å². The quantitative estimate of drug-likeness (QED) is 0.549. The molecule has 0 atom stereocenters. The Balaban J connectivity index is 0.00000109. The third-order valence-corrected chi connectivity index (χ3v) is 3.64. The summed E-state index contributed by atoms with van der Waals surface area (Å²) in [6.45, 7) is 5.81. The number of rotatable bonds is 7. The largest absolute Gasteiger partial charge is 0.457 e. The summed E-state index contributed by atoms with van der Waals surface area (Å²) < 4.78 is 5.87. The van der Waals surface area contributed by atoms with E-state index in [2.05, 4.69) is 47.8 Å². The van der Waals surface area contributed by atoms with Gasteiger partial charge in [-0.05, 0) is 48.4 Å². The van der Waals surface area contributed by atoms with E-state index in [4.69, 9.17) is 4.74 Å². The lowest BCUT2D eigenvalue weighted by atomic mass is 10.1. The van der Waals surface area contributed by atoms with Crippen LogP contribution < -0.4 is 10.1 Å². The summed E-state index contributed by atoms with van der Waals surface area (Å²) >= 11 is 0. The average molecular weight is 333 g/mol. The van der Waals surface area contributed by atoms with Crippen molar-refractivity contribution in [2.24, 2.45) is 0 Å². The molecule has 130 valence electrons. The summed E-state index contributed by atoms with van der Waals surface area (Å²) in [6, 6.07) is 28.6. The number of para-hydroxylation sites is 1. The first-order chi connectivity index (χ1) is 12.4. The van der Waals surface area contributed by atoms with Crippen LogP contribution >= 0.6 is 0 Å². The van der Waals surface area contributed by atoms with Gasteiger partial charge in [-0.15, -0.1) is 0 Å². The second-order valence-corrected chi connectivity index (χ2v) is 5.47. The van der Waals surface area contributed by atoms with Gasteiger partial charge in [0.25, 0.3) is 0 Å². The molecule has 3 aromatic rings. The molecule has 0 aromatic heterocycles. The van der Waals surface area contributed by atoms with Gasteiger partial charge in [0.2, 0.25) is 0 Å². The molecular formula is C23H27NO. The maximum absolute atomic E-state index is 5.87. The number of hydrogen-bond acceptors (Lipinski definition) is 2. The molecule has 0 fully saturated rings. The SMILES string of the molecule is CC.c1ccc(CCNCc2cccc(Oc3ccccc3)c2)cc1. The average Bonchev–Trinajstić information content (AvgIpc) is 2.69. The van der Waals surface area contributed by atoms with Crippen molar-refractivity contribution >= 4 is 0 Å². The summed E-state index contributed by atoms with van der Waals surface area (Å²) in [6.07, 6.45) is 1.04. The molecule has 3 rings (SSSR count). The fourth-order valence-corrected chi connectivity index (χ4v) is 2.45. The van der Waals surface area contributed by atoms with Crippen molar-refractivity contribution in [1.82, 2.24) is 5.32 Å². The first-order valence-corrected chi connectivity index (χ1v) is 8.97. The Hall–Kier alpha value is -2.58. The van der Waals surface area contributed by atoms with E-state index in [-0.39, 0.29) is 0 Å². The molecule has 0 aliphatic heterocycles.